The van der Waals surface area contributed by atoms with Crippen LogP contribution in [0, 0.1) is 0 Å². The Balaban J connectivity index is 1.46. The summed E-state index contributed by atoms with van der Waals surface area (Å²) in [6.07, 6.45) is 0. The van der Waals surface area contributed by atoms with Gasteiger partial charge in [-0.1, -0.05) is 46.8 Å². The third kappa shape index (κ3) is 4.72. The zero-order chi connectivity index (χ0) is 22.6. The van der Waals surface area contributed by atoms with E-state index in [0.29, 0.717) is 12.2 Å². The van der Waals surface area contributed by atoms with E-state index in [0.717, 1.165) is 17.1 Å². The van der Waals surface area contributed by atoms with Gasteiger partial charge in [0, 0.05) is 24.0 Å². The fourth-order valence-corrected chi connectivity index (χ4v) is 4.75. The topological polar surface area (TPSA) is 131 Å². The molecule has 0 fully saturated rings. The number of benzene rings is 2. The molecular weight excluding hydrogens is 452 g/mol. The highest BCUT2D eigenvalue weighted by molar-refractivity contribution is 7.89. The first-order chi connectivity index (χ1) is 15.5. The minimum absolute atomic E-state index is 0.0999. The van der Waals surface area contributed by atoms with Crippen molar-refractivity contribution in [2.75, 3.05) is 11.9 Å². The standard InChI is InChI=1S/C20H18N6O4S2/c1-2-26(12-14-6-4-3-5-7-14)32(28,29)16-10-8-15(9-11-16)18(27)21-20-24-23-19(30-20)17-13-31-25-22-17/h3-11,13H,2,12H2,1H3,(H,21,24,27). The quantitative estimate of drug-likeness (QED) is 0.416. The highest BCUT2D eigenvalue weighted by Crippen LogP contribution is 2.21. The number of aromatic nitrogens is 4. The minimum atomic E-state index is -3.72. The van der Waals surface area contributed by atoms with Crippen LogP contribution < -0.4 is 5.32 Å². The largest absolute Gasteiger partial charge is 0.401 e. The van der Waals surface area contributed by atoms with E-state index in [-0.39, 0.29) is 28.9 Å². The number of nitrogens with zero attached hydrogens (tertiary/aromatic N) is 5. The van der Waals surface area contributed by atoms with Crippen LogP contribution in [-0.4, -0.2) is 45.0 Å². The van der Waals surface area contributed by atoms with Crippen molar-refractivity contribution in [3.63, 3.8) is 0 Å². The van der Waals surface area contributed by atoms with E-state index in [1.54, 1.807) is 12.3 Å². The Hall–Kier alpha value is -3.48. The first-order valence-electron chi connectivity index (χ1n) is 9.54. The molecule has 0 aliphatic carbocycles. The van der Waals surface area contributed by atoms with Crippen molar-refractivity contribution in [2.24, 2.45) is 0 Å². The molecule has 1 N–H and O–H groups in total. The normalized spacial score (nSPS) is 11.6. The lowest BCUT2D eigenvalue weighted by molar-refractivity contribution is 0.102. The van der Waals surface area contributed by atoms with Crippen LogP contribution in [0.5, 0.6) is 0 Å². The Labute approximate surface area is 188 Å². The van der Waals surface area contributed by atoms with Crippen molar-refractivity contribution in [3.8, 4) is 11.6 Å². The third-order valence-electron chi connectivity index (χ3n) is 4.53. The van der Waals surface area contributed by atoms with Gasteiger partial charge in [0.2, 0.25) is 10.0 Å². The molecule has 0 atom stereocenters. The summed E-state index contributed by atoms with van der Waals surface area (Å²) in [6, 6.07) is 14.9. The fourth-order valence-electron chi connectivity index (χ4n) is 2.89. The first kappa shape index (κ1) is 21.7. The van der Waals surface area contributed by atoms with Crippen LogP contribution >= 0.6 is 11.5 Å². The lowest BCUT2D eigenvalue weighted by atomic mass is 10.2. The second kappa shape index (κ2) is 9.34. The number of rotatable bonds is 8. The molecule has 164 valence electrons. The Morgan fingerprint density at radius 3 is 2.47 bits per heavy atom. The molecule has 0 aliphatic rings. The number of hydrogen-bond acceptors (Lipinski definition) is 9. The second-order valence-corrected chi connectivity index (χ2v) is 9.15. The summed E-state index contributed by atoms with van der Waals surface area (Å²) in [4.78, 5) is 12.6. The maximum absolute atomic E-state index is 13.0. The van der Waals surface area contributed by atoms with Gasteiger partial charge in [-0.25, -0.2) is 8.42 Å². The van der Waals surface area contributed by atoms with Crippen molar-refractivity contribution < 1.29 is 17.6 Å². The Morgan fingerprint density at radius 2 is 1.81 bits per heavy atom. The summed E-state index contributed by atoms with van der Waals surface area (Å²) >= 11 is 1.13. The smallest absolute Gasteiger partial charge is 0.322 e. The SMILES string of the molecule is CCN(Cc1ccccc1)S(=O)(=O)c1ccc(C(=O)Nc2nnc(-c3csnn3)o2)cc1. The minimum Gasteiger partial charge on any atom is -0.401 e. The van der Waals surface area contributed by atoms with Crippen LogP contribution in [0.4, 0.5) is 6.01 Å². The third-order valence-corrected chi connectivity index (χ3v) is 6.97. The van der Waals surface area contributed by atoms with E-state index in [4.69, 9.17) is 4.42 Å². The van der Waals surface area contributed by atoms with Crippen molar-refractivity contribution in [1.29, 1.82) is 0 Å². The van der Waals surface area contributed by atoms with Crippen LogP contribution in [-0.2, 0) is 16.6 Å². The molecule has 0 saturated carbocycles. The number of anilines is 1. The predicted octanol–water partition coefficient (Wildman–Crippen LogP) is 3.05. The summed E-state index contributed by atoms with van der Waals surface area (Å²) in [5.74, 6) is -0.384. The van der Waals surface area contributed by atoms with Gasteiger partial charge in [-0.2, -0.15) is 4.31 Å². The van der Waals surface area contributed by atoms with E-state index >= 15 is 0 Å². The van der Waals surface area contributed by atoms with Gasteiger partial charge in [0.25, 0.3) is 11.8 Å². The van der Waals surface area contributed by atoms with E-state index < -0.39 is 15.9 Å². The number of nitrogens with one attached hydrogen (secondary N) is 1. The van der Waals surface area contributed by atoms with Gasteiger partial charge < -0.3 is 4.42 Å². The van der Waals surface area contributed by atoms with Gasteiger partial charge in [0.1, 0.15) is 0 Å². The van der Waals surface area contributed by atoms with Gasteiger partial charge >= 0.3 is 6.01 Å². The van der Waals surface area contributed by atoms with Gasteiger partial charge in [-0.15, -0.1) is 10.2 Å². The van der Waals surface area contributed by atoms with Crippen LogP contribution in [0.2, 0.25) is 0 Å². The second-order valence-electron chi connectivity index (χ2n) is 6.60. The molecule has 4 rings (SSSR count). The Bertz CT molecular complexity index is 1290. The van der Waals surface area contributed by atoms with Crippen LogP contribution in [0.3, 0.4) is 0 Å². The maximum Gasteiger partial charge on any atom is 0.322 e. The van der Waals surface area contributed by atoms with E-state index in [1.165, 1.54) is 28.6 Å². The molecule has 0 radical (unpaired) electrons. The molecule has 4 aromatic rings. The number of hydrogen-bond donors (Lipinski definition) is 1. The van der Waals surface area contributed by atoms with Crippen molar-refractivity contribution >= 4 is 33.5 Å². The van der Waals surface area contributed by atoms with Crippen molar-refractivity contribution in [1.82, 2.24) is 24.1 Å². The average Bonchev–Trinajstić information content (AvgIpc) is 3.50. The molecule has 0 saturated heterocycles. The monoisotopic (exact) mass is 470 g/mol. The molecule has 10 nitrogen and oxygen atoms in total. The fraction of sp³-hybridized carbons (Fsp3) is 0.150. The molecule has 0 unspecified atom stereocenters. The molecule has 2 heterocycles. The summed E-state index contributed by atoms with van der Waals surface area (Å²) in [6.45, 7) is 2.35. The summed E-state index contributed by atoms with van der Waals surface area (Å²) in [7, 11) is -3.72. The Morgan fingerprint density at radius 1 is 1.06 bits per heavy atom. The average molecular weight is 471 g/mol. The first-order valence-corrected chi connectivity index (χ1v) is 11.8. The Kier molecular flexibility index (Phi) is 6.35. The molecule has 32 heavy (non-hydrogen) atoms. The zero-order valence-corrected chi connectivity index (χ0v) is 18.5. The zero-order valence-electron chi connectivity index (χ0n) is 16.9. The molecule has 0 bridgehead atoms. The van der Waals surface area contributed by atoms with Gasteiger partial charge in [-0.05, 0) is 41.4 Å². The molecular formula is C20H18N6O4S2. The van der Waals surface area contributed by atoms with E-state index in [9.17, 15) is 13.2 Å². The van der Waals surface area contributed by atoms with Crippen LogP contribution in [0.15, 0.2) is 69.3 Å². The van der Waals surface area contributed by atoms with Crippen LogP contribution in [0.1, 0.15) is 22.8 Å². The predicted molar refractivity (Wildman–Crippen MR) is 117 cm³/mol. The van der Waals surface area contributed by atoms with Gasteiger partial charge in [0.15, 0.2) is 5.69 Å². The summed E-state index contributed by atoms with van der Waals surface area (Å²) in [5.41, 5.74) is 1.54. The number of carbonyl (C=O) groups excluding carboxylic acids is 1. The molecule has 2 aromatic heterocycles. The molecule has 0 aliphatic heterocycles. The number of carbonyl (C=O) groups is 1. The summed E-state index contributed by atoms with van der Waals surface area (Å²) in [5, 5.41) is 15.5. The number of amides is 1. The van der Waals surface area contributed by atoms with Crippen molar-refractivity contribution in [2.45, 2.75) is 18.4 Å². The highest BCUT2D eigenvalue weighted by atomic mass is 32.2. The maximum atomic E-state index is 13.0. The van der Waals surface area contributed by atoms with Crippen LogP contribution in [0.25, 0.3) is 11.6 Å². The lowest BCUT2D eigenvalue weighted by Gasteiger charge is -2.20. The van der Waals surface area contributed by atoms with Crippen molar-refractivity contribution in [3.05, 3.63) is 71.1 Å². The van der Waals surface area contributed by atoms with E-state index in [2.05, 4.69) is 25.1 Å². The highest BCUT2D eigenvalue weighted by Gasteiger charge is 2.24. The van der Waals surface area contributed by atoms with Gasteiger partial charge in [-0.3, -0.25) is 10.1 Å². The number of sulfonamides is 1. The van der Waals surface area contributed by atoms with E-state index in [1.807, 2.05) is 30.3 Å². The van der Waals surface area contributed by atoms with Gasteiger partial charge in [0.05, 0.1) is 4.90 Å². The molecule has 1 amide bonds. The lowest BCUT2D eigenvalue weighted by Crippen LogP contribution is -2.30. The summed E-state index contributed by atoms with van der Waals surface area (Å²) < 4.78 is 36.5. The molecule has 12 heteroatoms. The molecule has 0 spiro atoms. The molecule has 2 aromatic carbocycles.